The number of aliphatic hydroxyl groups is 1. The Hall–Kier alpha value is -1.03. The molecule has 0 spiro atoms. The van der Waals surface area contributed by atoms with Crippen LogP contribution in [0.15, 0.2) is 17.1 Å². The van der Waals surface area contributed by atoms with Crippen molar-refractivity contribution in [1.29, 1.82) is 0 Å². The van der Waals surface area contributed by atoms with E-state index in [1.807, 2.05) is 0 Å². The minimum atomic E-state index is 0.130. The Kier molecular flexibility index (Phi) is 7.67. The van der Waals surface area contributed by atoms with Crippen LogP contribution in [0.1, 0.15) is 52.9 Å². The lowest BCUT2D eigenvalue weighted by atomic mass is 9.79. The molecular weight excluding hydrogens is 250 g/mol. The van der Waals surface area contributed by atoms with Gasteiger partial charge in [-0.15, -0.1) is 0 Å². The summed E-state index contributed by atoms with van der Waals surface area (Å²) in [5.74, 6) is 0.908. The van der Waals surface area contributed by atoms with Crippen molar-refractivity contribution in [2.45, 2.75) is 58.9 Å². The lowest BCUT2D eigenvalue weighted by molar-refractivity contribution is 0.175. The van der Waals surface area contributed by atoms with E-state index >= 15 is 0 Å². The van der Waals surface area contributed by atoms with Gasteiger partial charge in [0.05, 0.1) is 0 Å². The molecule has 0 amide bonds. The van der Waals surface area contributed by atoms with Gasteiger partial charge in [-0.2, -0.15) is 0 Å². The predicted molar refractivity (Wildman–Crippen MR) is 86.0 cm³/mol. The molecule has 0 fully saturated rings. The molecule has 0 radical (unpaired) electrons. The SMILES string of the molecule is CCNC(=NCC(CC)(CC)CCO)NC1CC=CC1. The molecule has 3 N–H and O–H groups in total. The van der Waals surface area contributed by atoms with Crippen molar-refractivity contribution < 1.29 is 5.11 Å². The third kappa shape index (κ3) is 5.16. The van der Waals surface area contributed by atoms with E-state index in [4.69, 9.17) is 4.99 Å². The van der Waals surface area contributed by atoms with Crippen molar-refractivity contribution in [2.24, 2.45) is 10.4 Å². The molecular formula is C16H31N3O. The summed E-state index contributed by atoms with van der Waals surface area (Å²) in [6.07, 6.45) is 9.52. The van der Waals surface area contributed by atoms with E-state index in [0.29, 0.717) is 6.04 Å². The third-order valence-corrected chi connectivity index (χ3v) is 4.41. The van der Waals surface area contributed by atoms with Gasteiger partial charge < -0.3 is 15.7 Å². The molecule has 4 heteroatoms. The molecule has 0 unspecified atom stereocenters. The molecule has 0 aromatic rings. The van der Waals surface area contributed by atoms with Gasteiger partial charge in [-0.1, -0.05) is 26.0 Å². The third-order valence-electron chi connectivity index (χ3n) is 4.41. The van der Waals surface area contributed by atoms with Crippen LogP contribution >= 0.6 is 0 Å². The summed E-state index contributed by atoms with van der Waals surface area (Å²) in [5, 5.41) is 16.1. The first-order chi connectivity index (χ1) is 9.69. The number of hydrogen-bond acceptors (Lipinski definition) is 2. The van der Waals surface area contributed by atoms with Gasteiger partial charge in [0, 0.05) is 25.7 Å². The van der Waals surface area contributed by atoms with Gasteiger partial charge in [0.15, 0.2) is 5.96 Å². The summed E-state index contributed by atoms with van der Waals surface area (Å²) in [6.45, 7) is 8.36. The number of rotatable bonds is 8. The number of aliphatic imine (C=N–C) groups is 1. The monoisotopic (exact) mass is 281 g/mol. The van der Waals surface area contributed by atoms with Crippen LogP contribution in [0.4, 0.5) is 0 Å². The maximum Gasteiger partial charge on any atom is 0.191 e. The highest BCUT2D eigenvalue weighted by atomic mass is 16.3. The number of nitrogens with one attached hydrogen (secondary N) is 2. The molecule has 0 aromatic heterocycles. The Morgan fingerprint density at radius 3 is 2.40 bits per heavy atom. The van der Waals surface area contributed by atoms with Crippen LogP contribution in [-0.2, 0) is 0 Å². The van der Waals surface area contributed by atoms with Crippen LogP contribution in [0.25, 0.3) is 0 Å². The molecule has 0 aliphatic heterocycles. The Balaban J connectivity index is 2.63. The molecule has 1 rings (SSSR count). The topological polar surface area (TPSA) is 56.7 Å². The Labute approximate surface area is 123 Å². The van der Waals surface area contributed by atoms with Gasteiger partial charge in [-0.25, -0.2) is 0 Å². The first-order valence-corrected chi connectivity index (χ1v) is 8.00. The molecule has 4 nitrogen and oxygen atoms in total. The van der Waals surface area contributed by atoms with Crippen molar-refractivity contribution >= 4 is 5.96 Å². The fourth-order valence-electron chi connectivity index (χ4n) is 2.64. The number of aliphatic hydroxyl groups excluding tert-OH is 1. The Bertz CT molecular complexity index is 314. The van der Waals surface area contributed by atoms with E-state index in [0.717, 1.165) is 51.2 Å². The maximum atomic E-state index is 9.27. The van der Waals surface area contributed by atoms with Crippen molar-refractivity contribution in [1.82, 2.24) is 10.6 Å². The van der Waals surface area contributed by atoms with E-state index in [1.165, 1.54) is 0 Å². The number of nitrogens with zero attached hydrogens (tertiary/aromatic N) is 1. The van der Waals surface area contributed by atoms with Crippen LogP contribution in [0, 0.1) is 5.41 Å². The van der Waals surface area contributed by atoms with Crippen LogP contribution in [0.5, 0.6) is 0 Å². The van der Waals surface area contributed by atoms with Crippen molar-refractivity contribution in [3.63, 3.8) is 0 Å². The molecule has 0 bridgehead atoms. The molecule has 0 atom stereocenters. The standard InChI is InChI=1S/C16H31N3O/c1-4-16(5-2,11-12-20)13-18-15(17-6-3)19-14-9-7-8-10-14/h7-8,14,20H,4-6,9-13H2,1-3H3,(H2,17,18,19). The predicted octanol–water partition coefficient (Wildman–Crippen LogP) is 2.45. The normalized spacial score (nSPS) is 16.7. The molecule has 116 valence electrons. The first kappa shape index (κ1) is 17.0. The molecule has 0 aromatic carbocycles. The lowest BCUT2D eigenvalue weighted by Crippen LogP contribution is -2.43. The Morgan fingerprint density at radius 1 is 1.25 bits per heavy atom. The summed E-state index contributed by atoms with van der Waals surface area (Å²) >= 11 is 0. The van der Waals surface area contributed by atoms with Crippen molar-refractivity contribution in [3.05, 3.63) is 12.2 Å². The number of hydrogen-bond donors (Lipinski definition) is 3. The smallest absolute Gasteiger partial charge is 0.191 e. The van der Waals surface area contributed by atoms with E-state index in [2.05, 4.69) is 43.6 Å². The Morgan fingerprint density at radius 2 is 1.90 bits per heavy atom. The van der Waals surface area contributed by atoms with Crippen LogP contribution in [0.3, 0.4) is 0 Å². The maximum absolute atomic E-state index is 9.27. The van der Waals surface area contributed by atoms with Gasteiger partial charge in [0.2, 0.25) is 0 Å². The minimum absolute atomic E-state index is 0.130. The van der Waals surface area contributed by atoms with Gasteiger partial charge in [-0.3, -0.25) is 4.99 Å². The highest BCUT2D eigenvalue weighted by Gasteiger charge is 2.25. The second kappa shape index (κ2) is 9.01. The molecule has 0 heterocycles. The zero-order chi connectivity index (χ0) is 14.8. The van der Waals surface area contributed by atoms with E-state index < -0.39 is 0 Å². The summed E-state index contributed by atoms with van der Waals surface area (Å²) in [5.41, 5.74) is 0.130. The average molecular weight is 281 g/mol. The summed E-state index contributed by atoms with van der Waals surface area (Å²) in [7, 11) is 0. The van der Waals surface area contributed by atoms with Gasteiger partial charge in [0.1, 0.15) is 0 Å². The van der Waals surface area contributed by atoms with E-state index in [9.17, 15) is 5.11 Å². The molecule has 20 heavy (non-hydrogen) atoms. The molecule has 0 saturated heterocycles. The van der Waals surface area contributed by atoms with Gasteiger partial charge in [-0.05, 0) is 44.4 Å². The second-order valence-corrected chi connectivity index (χ2v) is 5.66. The highest BCUT2D eigenvalue weighted by Crippen LogP contribution is 2.30. The first-order valence-electron chi connectivity index (χ1n) is 8.00. The van der Waals surface area contributed by atoms with Crippen molar-refractivity contribution in [3.8, 4) is 0 Å². The zero-order valence-corrected chi connectivity index (χ0v) is 13.3. The lowest BCUT2D eigenvalue weighted by Gasteiger charge is -2.29. The number of guanidine groups is 1. The van der Waals surface area contributed by atoms with Gasteiger partial charge in [0.25, 0.3) is 0 Å². The average Bonchev–Trinajstić information content (AvgIpc) is 2.96. The van der Waals surface area contributed by atoms with Crippen LogP contribution in [-0.4, -0.2) is 36.8 Å². The largest absolute Gasteiger partial charge is 0.396 e. The fraction of sp³-hybridized carbons (Fsp3) is 0.812. The summed E-state index contributed by atoms with van der Waals surface area (Å²) in [6, 6.07) is 0.475. The van der Waals surface area contributed by atoms with Crippen LogP contribution in [0.2, 0.25) is 0 Å². The van der Waals surface area contributed by atoms with Gasteiger partial charge >= 0.3 is 0 Å². The minimum Gasteiger partial charge on any atom is -0.396 e. The molecule has 1 aliphatic rings. The van der Waals surface area contributed by atoms with Crippen LogP contribution < -0.4 is 10.6 Å². The van der Waals surface area contributed by atoms with E-state index in [-0.39, 0.29) is 12.0 Å². The summed E-state index contributed by atoms with van der Waals surface area (Å²) < 4.78 is 0. The fourth-order valence-corrected chi connectivity index (χ4v) is 2.64. The van der Waals surface area contributed by atoms with Crippen molar-refractivity contribution in [2.75, 3.05) is 19.7 Å². The molecule has 0 saturated carbocycles. The van der Waals surface area contributed by atoms with E-state index in [1.54, 1.807) is 0 Å². The molecule has 1 aliphatic carbocycles. The zero-order valence-electron chi connectivity index (χ0n) is 13.3. The second-order valence-electron chi connectivity index (χ2n) is 5.66. The quantitative estimate of drug-likeness (QED) is 0.364. The summed E-state index contributed by atoms with van der Waals surface area (Å²) in [4.78, 5) is 4.77. The highest BCUT2D eigenvalue weighted by molar-refractivity contribution is 5.80.